The molecule has 0 radical (unpaired) electrons. The van der Waals surface area contributed by atoms with Gasteiger partial charge in [0.05, 0.1) is 0 Å². The third kappa shape index (κ3) is 2.86. The van der Waals surface area contributed by atoms with Crippen molar-refractivity contribution in [1.82, 2.24) is 4.40 Å². The highest BCUT2D eigenvalue weighted by atomic mass is 31.1. The van der Waals surface area contributed by atoms with Gasteiger partial charge in [0.25, 0.3) is 0 Å². The molecule has 0 aliphatic rings. The third-order valence-electron chi connectivity index (χ3n) is 1.64. The maximum atomic E-state index is 2.17. The number of hydrogen-bond acceptors (Lipinski definition) is 0. The van der Waals surface area contributed by atoms with E-state index in [1.54, 1.807) is 0 Å². The molecule has 0 aliphatic carbocycles. The maximum Gasteiger partial charge on any atom is 0.0452 e. The summed E-state index contributed by atoms with van der Waals surface area (Å²) in [6.45, 7) is 6.41. The largest absolute Gasteiger partial charge is 0.324 e. The molecule has 0 bridgehead atoms. The standard InChI is InChI=1S/C9H9N.C2H7P/c1-8-6-9-4-2-3-5-10(9)7-8;1-3-2/h2-7H,1H3;3H,1-2H3. The highest BCUT2D eigenvalue weighted by molar-refractivity contribution is 7.35. The van der Waals surface area contributed by atoms with Crippen LogP contribution in [-0.4, -0.2) is 17.7 Å². The summed E-state index contributed by atoms with van der Waals surface area (Å²) in [6, 6.07) is 8.36. The topological polar surface area (TPSA) is 4.41 Å². The second-order valence-corrected chi connectivity index (χ2v) is 4.05. The summed E-state index contributed by atoms with van der Waals surface area (Å²) in [5.41, 5.74) is 2.58. The molecule has 13 heavy (non-hydrogen) atoms. The lowest BCUT2D eigenvalue weighted by molar-refractivity contribution is 1.19. The Morgan fingerprint density at radius 2 is 1.92 bits per heavy atom. The second kappa shape index (κ2) is 5.04. The van der Waals surface area contributed by atoms with Crippen molar-refractivity contribution in [2.45, 2.75) is 6.92 Å². The molecule has 2 rings (SSSR count). The summed E-state index contributed by atoms with van der Waals surface area (Å²) in [5.74, 6) is 0. The van der Waals surface area contributed by atoms with Crippen LogP contribution in [-0.2, 0) is 0 Å². The minimum atomic E-state index is 1.08. The molecule has 0 fully saturated rings. The summed E-state index contributed by atoms with van der Waals surface area (Å²) in [6.07, 6.45) is 4.18. The zero-order valence-corrected chi connectivity index (χ0v) is 9.41. The molecule has 0 amide bonds. The predicted octanol–water partition coefficient (Wildman–Crippen LogP) is 3.17. The number of rotatable bonds is 0. The third-order valence-corrected chi connectivity index (χ3v) is 1.64. The molecule has 2 heterocycles. The van der Waals surface area contributed by atoms with E-state index in [1.165, 1.54) is 11.1 Å². The summed E-state index contributed by atoms with van der Waals surface area (Å²) in [7, 11) is 1.08. The first-order valence-electron chi connectivity index (χ1n) is 4.39. The van der Waals surface area contributed by atoms with E-state index in [0.717, 1.165) is 8.58 Å². The van der Waals surface area contributed by atoms with Crippen molar-refractivity contribution in [2.75, 3.05) is 13.3 Å². The van der Waals surface area contributed by atoms with Gasteiger partial charge in [0.2, 0.25) is 0 Å². The molecular weight excluding hydrogens is 177 g/mol. The first kappa shape index (κ1) is 10.3. The number of aryl methyl sites for hydroxylation is 1. The molecule has 2 heteroatoms. The SMILES string of the molecule is CPC.Cc1cc2ccccn2c1. The molecular formula is C11H16NP. The Morgan fingerprint density at radius 1 is 1.23 bits per heavy atom. The van der Waals surface area contributed by atoms with Gasteiger partial charge in [-0.1, -0.05) is 6.07 Å². The molecule has 0 spiro atoms. The first-order chi connectivity index (χ1) is 6.27. The van der Waals surface area contributed by atoms with E-state index in [2.05, 4.69) is 55.2 Å². The van der Waals surface area contributed by atoms with Gasteiger partial charge in [0.1, 0.15) is 0 Å². The number of fused-ring (bicyclic) bond motifs is 1. The molecule has 0 saturated carbocycles. The van der Waals surface area contributed by atoms with Crippen LogP contribution in [0.3, 0.4) is 0 Å². The highest BCUT2D eigenvalue weighted by Gasteiger charge is 1.90. The lowest BCUT2D eigenvalue weighted by Crippen LogP contribution is -1.75. The van der Waals surface area contributed by atoms with Gasteiger partial charge in [-0.2, -0.15) is 0 Å². The molecule has 0 aliphatic heterocycles. The van der Waals surface area contributed by atoms with E-state index >= 15 is 0 Å². The normalized spacial score (nSPS) is 9.46. The van der Waals surface area contributed by atoms with E-state index in [9.17, 15) is 0 Å². The molecule has 0 unspecified atom stereocenters. The number of nitrogens with zero attached hydrogens (tertiary/aromatic N) is 1. The van der Waals surface area contributed by atoms with Crippen LogP contribution < -0.4 is 0 Å². The average Bonchev–Trinajstić information content (AvgIpc) is 2.45. The first-order valence-corrected chi connectivity index (χ1v) is 6.39. The second-order valence-electron chi connectivity index (χ2n) is 3.05. The molecule has 0 aromatic carbocycles. The minimum Gasteiger partial charge on any atom is -0.324 e. The van der Waals surface area contributed by atoms with Crippen LogP contribution in [0, 0.1) is 6.92 Å². The fourth-order valence-corrected chi connectivity index (χ4v) is 1.20. The zero-order chi connectivity index (χ0) is 9.68. The monoisotopic (exact) mass is 193 g/mol. The van der Waals surface area contributed by atoms with Gasteiger partial charge < -0.3 is 4.40 Å². The lowest BCUT2D eigenvalue weighted by Gasteiger charge is -1.88. The number of hydrogen-bond donors (Lipinski definition) is 0. The van der Waals surface area contributed by atoms with Crippen molar-refractivity contribution in [3.63, 3.8) is 0 Å². The smallest absolute Gasteiger partial charge is 0.0452 e. The summed E-state index contributed by atoms with van der Waals surface area (Å²) in [5, 5.41) is 0. The molecule has 0 saturated heterocycles. The Bertz CT molecular complexity index is 332. The molecule has 0 N–H and O–H groups in total. The van der Waals surface area contributed by atoms with Crippen molar-refractivity contribution in [3.8, 4) is 0 Å². The van der Waals surface area contributed by atoms with Gasteiger partial charge in [-0.3, -0.25) is 0 Å². The Labute approximate surface area is 81.6 Å². The fraction of sp³-hybridized carbons (Fsp3) is 0.273. The van der Waals surface area contributed by atoms with Crippen molar-refractivity contribution in [2.24, 2.45) is 0 Å². The predicted molar refractivity (Wildman–Crippen MR) is 62.3 cm³/mol. The van der Waals surface area contributed by atoms with Crippen molar-refractivity contribution < 1.29 is 0 Å². The zero-order valence-electron chi connectivity index (χ0n) is 8.41. The Morgan fingerprint density at radius 3 is 2.54 bits per heavy atom. The van der Waals surface area contributed by atoms with Gasteiger partial charge in [-0.25, -0.2) is 0 Å². The minimum absolute atomic E-state index is 1.08. The van der Waals surface area contributed by atoms with Crippen LogP contribution in [0.25, 0.3) is 5.52 Å². The van der Waals surface area contributed by atoms with Crippen LogP contribution in [0.2, 0.25) is 0 Å². The Kier molecular flexibility index (Phi) is 3.98. The van der Waals surface area contributed by atoms with Gasteiger partial charge in [-0.15, -0.1) is 8.58 Å². The van der Waals surface area contributed by atoms with Gasteiger partial charge >= 0.3 is 0 Å². The number of pyridine rings is 1. The molecule has 0 atom stereocenters. The highest BCUT2D eigenvalue weighted by Crippen LogP contribution is 2.07. The molecule has 70 valence electrons. The van der Waals surface area contributed by atoms with E-state index in [0.29, 0.717) is 0 Å². The summed E-state index contributed by atoms with van der Waals surface area (Å²) < 4.78 is 2.12. The molecule has 2 aromatic rings. The van der Waals surface area contributed by atoms with Gasteiger partial charge in [0.15, 0.2) is 0 Å². The van der Waals surface area contributed by atoms with E-state index < -0.39 is 0 Å². The molecule has 1 nitrogen and oxygen atoms in total. The van der Waals surface area contributed by atoms with Gasteiger partial charge in [0, 0.05) is 17.9 Å². The number of aromatic nitrogens is 1. The fourth-order valence-electron chi connectivity index (χ4n) is 1.20. The van der Waals surface area contributed by atoms with Gasteiger partial charge in [-0.05, 0) is 44.0 Å². The summed E-state index contributed by atoms with van der Waals surface area (Å²) >= 11 is 0. The Hall–Kier alpha value is -0.810. The Balaban J connectivity index is 0.000000251. The van der Waals surface area contributed by atoms with E-state index in [4.69, 9.17) is 0 Å². The maximum absolute atomic E-state index is 2.17. The van der Waals surface area contributed by atoms with Crippen LogP contribution in [0.4, 0.5) is 0 Å². The van der Waals surface area contributed by atoms with Crippen LogP contribution in [0.1, 0.15) is 5.56 Å². The van der Waals surface area contributed by atoms with Crippen molar-refractivity contribution in [1.29, 1.82) is 0 Å². The summed E-state index contributed by atoms with van der Waals surface area (Å²) in [4.78, 5) is 0. The van der Waals surface area contributed by atoms with E-state index in [1.807, 2.05) is 6.07 Å². The lowest BCUT2D eigenvalue weighted by atomic mass is 10.3. The van der Waals surface area contributed by atoms with Crippen molar-refractivity contribution >= 4 is 14.1 Å². The van der Waals surface area contributed by atoms with Crippen molar-refractivity contribution in [3.05, 3.63) is 42.2 Å². The van der Waals surface area contributed by atoms with E-state index in [-0.39, 0.29) is 0 Å². The average molecular weight is 193 g/mol. The van der Waals surface area contributed by atoms with Crippen LogP contribution >= 0.6 is 8.58 Å². The quantitative estimate of drug-likeness (QED) is 0.566. The molecule has 2 aromatic heterocycles. The van der Waals surface area contributed by atoms with Crippen LogP contribution in [0.5, 0.6) is 0 Å². The van der Waals surface area contributed by atoms with Crippen LogP contribution in [0.15, 0.2) is 36.7 Å².